The number of aliphatic hydroxyl groups excluding tert-OH is 1. The molecule has 5 heteroatoms. The monoisotopic (exact) mass is 223 g/mol. The van der Waals surface area contributed by atoms with Crippen LogP contribution in [0, 0.1) is 16.0 Å². The fraction of sp³-hybridized carbons (Fsp3) is 0.455. The van der Waals surface area contributed by atoms with Crippen molar-refractivity contribution in [2.45, 2.75) is 19.4 Å². The second-order valence-corrected chi connectivity index (χ2v) is 3.97. The van der Waals surface area contributed by atoms with E-state index in [9.17, 15) is 10.1 Å². The van der Waals surface area contributed by atoms with Crippen molar-refractivity contribution >= 4 is 5.69 Å². The van der Waals surface area contributed by atoms with Crippen molar-refractivity contribution in [3.63, 3.8) is 0 Å². The van der Waals surface area contributed by atoms with Crippen LogP contribution in [-0.4, -0.2) is 16.6 Å². The van der Waals surface area contributed by atoms with Crippen molar-refractivity contribution in [3.05, 3.63) is 33.9 Å². The van der Waals surface area contributed by atoms with Crippen LogP contribution < -0.4 is 4.74 Å². The van der Waals surface area contributed by atoms with Gasteiger partial charge < -0.3 is 9.84 Å². The molecule has 1 aliphatic rings. The van der Waals surface area contributed by atoms with Gasteiger partial charge >= 0.3 is 5.69 Å². The molecular formula is C11H13NO4. The summed E-state index contributed by atoms with van der Waals surface area (Å²) >= 11 is 0. The Morgan fingerprint density at radius 3 is 2.81 bits per heavy atom. The third-order valence-electron chi connectivity index (χ3n) is 2.57. The van der Waals surface area contributed by atoms with Gasteiger partial charge in [-0.05, 0) is 36.5 Å². The molecule has 5 nitrogen and oxygen atoms in total. The molecule has 1 fully saturated rings. The predicted molar refractivity (Wildman–Crippen MR) is 57.2 cm³/mol. The maximum Gasteiger partial charge on any atom is 0.310 e. The second-order valence-electron chi connectivity index (χ2n) is 3.97. The van der Waals surface area contributed by atoms with Crippen LogP contribution in [0.4, 0.5) is 5.69 Å². The van der Waals surface area contributed by atoms with Crippen molar-refractivity contribution in [1.29, 1.82) is 0 Å². The number of aliphatic hydroxyl groups is 1. The minimum Gasteiger partial charge on any atom is -0.487 e. The van der Waals surface area contributed by atoms with Gasteiger partial charge in [-0.3, -0.25) is 10.1 Å². The van der Waals surface area contributed by atoms with Crippen molar-refractivity contribution in [2.75, 3.05) is 6.61 Å². The van der Waals surface area contributed by atoms with Gasteiger partial charge in [-0.25, -0.2) is 0 Å². The molecule has 1 saturated carbocycles. The highest BCUT2D eigenvalue weighted by molar-refractivity contribution is 5.48. The zero-order valence-electron chi connectivity index (χ0n) is 8.76. The van der Waals surface area contributed by atoms with E-state index in [1.165, 1.54) is 18.2 Å². The van der Waals surface area contributed by atoms with Crippen LogP contribution in [0.1, 0.15) is 18.4 Å². The van der Waals surface area contributed by atoms with Gasteiger partial charge in [0.05, 0.1) is 18.1 Å². The molecule has 0 heterocycles. The van der Waals surface area contributed by atoms with Crippen LogP contribution in [0.25, 0.3) is 0 Å². The molecule has 86 valence electrons. The molecule has 0 atom stereocenters. The summed E-state index contributed by atoms with van der Waals surface area (Å²) < 4.78 is 5.41. The predicted octanol–water partition coefficient (Wildman–Crippen LogP) is 1.88. The summed E-state index contributed by atoms with van der Waals surface area (Å²) in [6.07, 6.45) is 2.26. The smallest absolute Gasteiger partial charge is 0.310 e. The molecule has 1 aliphatic carbocycles. The molecule has 0 aliphatic heterocycles. The lowest BCUT2D eigenvalue weighted by atomic mass is 10.2. The fourth-order valence-corrected chi connectivity index (χ4v) is 1.42. The molecular weight excluding hydrogens is 210 g/mol. The molecule has 0 unspecified atom stereocenters. The molecule has 0 bridgehead atoms. The van der Waals surface area contributed by atoms with E-state index in [1.807, 2.05) is 0 Å². The Morgan fingerprint density at radius 2 is 2.25 bits per heavy atom. The van der Waals surface area contributed by atoms with Crippen molar-refractivity contribution < 1.29 is 14.8 Å². The summed E-state index contributed by atoms with van der Waals surface area (Å²) in [5.41, 5.74) is 0.578. The fourth-order valence-electron chi connectivity index (χ4n) is 1.42. The maximum absolute atomic E-state index is 10.7. The Bertz CT molecular complexity index is 401. The summed E-state index contributed by atoms with van der Waals surface area (Å²) in [6, 6.07) is 4.43. The minimum absolute atomic E-state index is 0.0437. The number of nitrogens with zero attached hydrogens (tertiary/aromatic N) is 1. The van der Waals surface area contributed by atoms with Gasteiger partial charge in [0.1, 0.15) is 0 Å². The van der Waals surface area contributed by atoms with E-state index in [-0.39, 0.29) is 18.0 Å². The number of ether oxygens (including phenoxy) is 1. The van der Waals surface area contributed by atoms with E-state index < -0.39 is 4.92 Å². The summed E-state index contributed by atoms with van der Waals surface area (Å²) in [7, 11) is 0. The first-order chi connectivity index (χ1) is 7.70. The minimum atomic E-state index is -0.469. The first-order valence-electron chi connectivity index (χ1n) is 5.21. The Balaban J connectivity index is 2.18. The quantitative estimate of drug-likeness (QED) is 0.611. The van der Waals surface area contributed by atoms with Gasteiger partial charge in [0, 0.05) is 6.07 Å². The van der Waals surface area contributed by atoms with E-state index in [4.69, 9.17) is 9.84 Å². The largest absolute Gasteiger partial charge is 0.487 e. The lowest BCUT2D eigenvalue weighted by Gasteiger charge is -2.07. The molecule has 0 aromatic heterocycles. The average molecular weight is 223 g/mol. The van der Waals surface area contributed by atoms with Crippen LogP contribution in [0.5, 0.6) is 5.75 Å². The molecule has 0 amide bonds. The topological polar surface area (TPSA) is 72.6 Å². The second kappa shape index (κ2) is 4.49. The molecule has 16 heavy (non-hydrogen) atoms. The van der Waals surface area contributed by atoms with Crippen LogP contribution in [0.3, 0.4) is 0 Å². The van der Waals surface area contributed by atoms with Gasteiger partial charge in [0.2, 0.25) is 0 Å². The van der Waals surface area contributed by atoms with E-state index in [2.05, 4.69) is 0 Å². The number of rotatable bonds is 5. The van der Waals surface area contributed by atoms with Crippen LogP contribution >= 0.6 is 0 Å². The molecule has 1 N–H and O–H groups in total. The van der Waals surface area contributed by atoms with Crippen molar-refractivity contribution in [2.24, 2.45) is 5.92 Å². The Labute approximate surface area is 92.8 Å². The number of hydrogen-bond donors (Lipinski definition) is 1. The van der Waals surface area contributed by atoms with Crippen molar-refractivity contribution in [1.82, 2.24) is 0 Å². The van der Waals surface area contributed by atoms with E-state index in [1.54, 1.807) is 0 Å². The molecule has 1 aromatic carbocycles. The number of benzene rings is 1. The first-order valence-corrected chi connectivity index (χ1v) is 5.21. The molecule has 0 spiro atoms. The maximum atomic E-state index is 10.7. The highest BCUT2D eigenvalue weighted by atomic mass is 16.6. The first kappa shape index (κ1) is 10.9. The number of hydrogen-bond acceptors (Lipinski definition) is 4. The van der Waals surface area contributed by atoms with Crippen LogP contribution in [0.15, 0.2) is 18.2 Å². The Kier molecular flexibility index (Phi) is 3.05. The number of nitro groups is 1. The Hall–Kier alpha value is -1.62. The standard InChI is InChI=1S/C11H13NO4/c13-6-9-3-4-10(12(14)15)11(5-9)16-7-8-1-2-8/h3-5,8,13H,1-2,6-7H2. The van der Waals surface area contributed by atoms with Gasteiger partial charge in [0.15, 0.2) is 5.75 Å². The summed E-state index contributed by atoms with van der Waals surface area (Å²) in [6.45, 7) is 0.382. The van der Waals surface area contributed by atoms with E-state index >= 15 is 0 Å². The van der Waals surface area contributed by atoms with Gasteiger partial charge in [0.25, 0.3) is 0 Å². The third kappa shape index (κ3) is 2.49. The highest BCUT2D eigenvalue weighted by Gasteiger charge is 2.24. The summed E-state index contributed by atoms with van der Waals surface area (Å²) in [5, 5.41) is 19.7. The van der Waals surface area contributed by atoms with E-state index in [0.29, 0.717) is 18.1 Å². The van der Waals surface area contributed by atoms with Crippen LogP contribution in [-0.2, 0) is 6.61 Å². The van der Waals surface area contributed by atoms with Crippen LogP contribution in [0.2, 0.25) is 0 Å². The molecule has 0 radical (unpaired) electrons. The van der Waals surface area contributed by atoms with E-state index in [0.717, 1.165) is 12.8 Å². The zero-order chi connectivity index (χ0) is 11.5. The molecule has 0 saturated heterocycles. The molecule has 2 rings (SSSR count). The highest BCUT2D eigenvalue weighted by Crippen LogP contribution is 2.33. The van der Waals surface area contributed by atoms with Gasteiger partial charge in [-0.1, -0.05) is 0 Å². The number of nitro benzene ring substituents is 1. The third-order valence-corrected chi connectivity index (χ3v) is 2.57. The van der Waals surface area contributed by atoms with Crippen molar-refractivity contribution in [3.8, 4) is 5.75 Å². The normalized spacial score (nSPS) is 14.8. The molecule has 1 aromatic rings. The van der Waals surface area contributed by atoms with Gasteiger partial charge in [-0.2, -0.15) is 0 Å². The zero-order valence-corrected chi connectivity index (χ0v) is 8.76. The summed E-state index contributed by atoms with van der Waals surface area (Å²) in [4.78, 5) is 10.3. The summed E-state index contributed by atoms with van der Waals surface area (Å²) in [5.74, 6) is 0.792. The lowest BCUT2D eigenvalue weighted by Crippen LogP contribution is -2.02. The SMILES string of the molecule is O=[N+]([O-])c1ccc(CO)cc1OCC1CC1. The average Bonchev–Trinajstić information content (AvgIpc) is 3.09. The van der Waals surface area contributed by atoms with Gasteiger partial charge in [-0.15, -0.1) is 0 Å². The Morgan fingerprint density at radius 1 is 1.50 bits per heavy atom. The lowest BCUT2D eigenvalue weighted by molar-refractivity contribution is -0.385.